The fourth-order valence-electron chi connectivity index (χ4n) is 2.67. The zero-order valence-electron chi connectivity index (χ0n) is 12.0. The lowest BCUT2D eigenvalue weighted by Crippen LogP contribution is -3.00. The third-order valence-electron chi connectivity index (χ3n) is 3.54. The minimum absolute atomic E-state index is 0. The molecule has 0 radical (unpaired) electrons. The van der Waals surface area contributed by atoms with Gasteiger partial charge in [0.05, 0.1) is 17.4 Å². The Balaban J connectivity index is 0.00000161. The number of benzene rings is 2. The van der Waals surface area contributed by atoms with Crippen LogP contribution in [0.1, 0.15) is 17.4 Å². The van der Waals surface area contributed by atoms with Crippen molar-refractivity contribution in [2.24, 2.45) is 7.05 Å². The highest BCUT2D eigenvalue weighted by molar-refractivity contribution is 6.11. The summed E-state index contributed by atoms with van der Waals surface area (Å²) in [6.07, 6.45) is 0. The number of esters is 1. The molecule has 0 bridgehead atoms. The van der Waals surface area contributed by atoms with E-state index in [4.69, 9.17) is 4.74 Å². The van der Waals surface area contributed by atoms with E-state index in [2.05, 4.69) is 6.07 Å². The van der Waals surface area contributed by atoms with E-state index >= 15 is 0 Å². The summed E-state index contributed by atoms with van der Waals surface area (Å²) in [5, 5.41) is 3.13. The summed E-state index contributed by atoms with van der Waals surface area (Å²) in [5.74, 6) is -0.281. The highest BCUT2D eigenvalue weighted by Gasteiger charge is 2.25. The normalized spacial score (nSPS) is 10.4. The summed E-state index contributed by atoms with van der Waals surface area (Å²) >= 11 is 0. The lowest BCUT2D eigenvalue weighted by Gasteiger charge is -2.08. The molecule has 0 N–H and O–H groups in total. The number of para-hydroxylation sites is 1. The topological polar surface area (TPSA) is 30.2 Å². The number of hydrogen-bond acceptors (Lipinski definition) is 2. The predicted octanol–water partition coefficient (Wildman–Crippen LogP) is -0.00180. The van der Waals surface area contributed by atoms with Crippen LogP contribution in [0.4, 0.5) is 0 Å². The number of nitrogens with zero attached hydrogens (tertiary/aromatic N) is 1. The Morgan fingerprint density at radius 1 is 1.00 bits per heavy atom. The molecule has 0 fully saturated rings. The Labute approximate surface area is 140 Å². The van der Waals surface area contributed by atoms with Crippen LogP contribution in [0.2, 0.25) is 0 Å². The SMILES string of the molecule is CCOC(=O)c1c2ccccc2c2ccccc2[n+]1C.[I-]. The second-order valence-corrected chi connectivity index (χ2v) is 4.69. The average molecular weight is 393 g/mol. The molecule has 0 aliphatic carbocycles. The molecule has 1 aromatic heterocycles. The summed E-state index contributed by atoms with van der Waals surface area (Å²) in [4.78, 5) is 12.3. The third kappa shape index (κ3) is 2.60. The van der Waals surface area contributed by atoms with Gasteiger partial charge in [-0.05, 0) is 19.1 Å². The van der Waals surface area contributed by atoms with E-state index in [1.165, 1.54) is 0 Å². The lowest BCUT2D eigenvalue weighted by molar-refractivity contribution is -0.646. The minimum atomic E-state index is -0.281. The van der Waals surface area contributed by atoms with Crippen molar-refractivity contribution < 1.29 is 38.1 Å². The van der Waals surface area contributed by atoms with Gasteiger partial charge in [0.1, 0.15) is 7.05 Å². The van der Waals surface area contributed by atoms with Crippen LogP contribution in [0.25, 0.3) is 21.7 Å². The molecule has 3 rings (SSSR count). The number of carbonyl (C=O) groups excluding carboxylic acids is 1. The van der Waals surface area contributed by atoms with Gasteiger partial charge in [-0.2, -0.15) is 4.57 Å². The number of pyridine rings is 1. The van der Waals surface area contributed by atoms with Crippen molar-refractivity contribution >= 4 is 27.6 Å². The number of fused-ring (bicyclic) bond motifs is 3. The molecule has 0 unspecified atom stereocenters. The molecule has 1 heterocycles. The van der Waals surface area contributed by atoms with Crippen LogP contribution in [0.15, 0.2) is 48.5 Å². The number of aromatic nitrogens is 1. The van der Waals surface area contributed by atoms with E-state index in [0.29, 0.717) is 12.3 Å². The second-order valence-electron chi connectivity index (χ2n) is 4.69. The van der Waals surface area contributed by atoms with E-state index in [1.807, 2.05) is 61.0 Å². The maximum Gasteiger partial charge on any atom is 0.404 e. The number of hydrogen-bond donors (Lipinski definition) is 0. The van der Waals surface area contributed by atoms with Crippen LogP contribution in [-0.2, 0) is 11.8 Å². The quantitative estimate of drug-likeness (QED) is 0.266. The van der Waals surface area contributed by atoms with E-state index in [9.17, 15) is 4.79 Å². The molecule has 0 aliphatic heterocycles. The van der Waals surface area contributed by atoms with Crippen molar-refractivity contribution in [2.45, 2.75) is 6.92 Å². The lowest BCUT2D eigenvalue weighted by atomic mass is 10.0. The summed E-state index contributed by atoms with van der Waals surface area (Å²) in [6, 6.07) is 16.0. The minimum Gasteiger partial charge on any atom is -1.00 e. The van der Waals surface area contributed by atoms with Gasteiger partial charge < -0.3 is 28.7 Å². The van der Waals surface area contributed by atoms with E-state index in [0.717, 1.165) is 21.7 Å². The van der Waals surface area contributed by atoms with Crippen molar-refractivity contribution in [3.05, 3.63) is 54.2 Å². The number of halogens is 1. The first-order valence-corrected chi connectivity index (χ1v) is 6.70. The van der Waals surface area contributed by atoms with Crippen LogP contribution in [0.3, 0.4) is 0 Å². The molecule has 2 aromatic carbocycles. The maximum atomic E-state index is 12.3. The van der Waals surface area contributed by atoms with Crippen molar-refractivity contribution in [3.8, 4) is 0 Å². The van der Waals surface area contributed by atoms with Crippen molar-refractivity contribution in [3.63, 3.8) is 0 Å². The number of rotatable bonds is 2. The number of carbonyl (C=O) groups is 1. The summed E-state index contributed by atoms with van der Waals surface area (Å²) < 4.78 is 7.12. The van der Waals surface area contributed by atoms with Gasteiger partial charge in [0.25, 0.3) is 5.69 Å². The van der Waals surface area contributed by atoms with Crippen LogP contribution in [0, 0.1) is 0 Å². The Morgan fingerprint density at radius 3 is 2.24 bits per heavy atom. The highest BCUT2D eigenvalue weighted by Crippen LogP contribution is 2.25. The fraction of sp³-hybridized carbons (Fsp3) is 0.176. The highest BCUT2D eigenvalue weighted by atomic mass is 127. The molecule has 0 spiro atoms. The molecular formula is C17H16INO2. The largest absolute Gasteiger partial charge is 1.00 e. The zero-order valence-corrected chi connectivity index (χ0v) is 14.1. The van der Waals surface area contributed by atoms with Crippen LogP contribution >= 0.6 is 0 Å². The van der Waals surface area contributed by atoms with Crippen molar-refractivity contribution in [2.75, 3.05) is 6.61 Å². The molecule has 3 aromatic rings. The molecule has 4 heteroatoms. The molecule has 108 valence electrons. The van der Waals surface area contributed by atoms with Crippen LogP contribution in [0.5, 0.6) is 0 Å². The first-order valence-electron chi connectivity index (χ1n) is 6.70. The van der Waals surface area contributed by atoms with Crippen LogP contribution < -0.4 is 28.5 Å². The summed E-state index contributed by atoms with van der Waals surface area (Å²) in [7, 11) is 1.90. The summed E-state index contributed by atoms with van der Waals surface area (Å²) in [5.41, 5.74) is 1.62. The van der Waals surface area contributed by atoms with Gasteiger partial charge in [0, 0.05) is 11.5 Å². The van der Waals surface area contributed by atoms with Crippen molar-refractivity contribution in [1.29, 1.82) is 0 Å². The van der Waals surface area contributed by atoms with Gasteiger partial charge in [-0.3, -0.25) is 0 Å². The van der Waals surface area contributed by atoms with Crippen LogP contribution in [-0.4, -0.2) is 12.6 Å². The first-order chi connectivity index (χ1) is 9.74. The number of aryl methyl sites for hydroxylation is 1. The maximum absolute atomic E-state index is 12.3. The molecule has 0 saturated carbocycles. The van der Waals surface area contributed by atoms with Gasteiger partial charge in [-0.1, -0.05) is 30.3 Å². The number of ether oxygens (including phenoxy) is 1. The molecule has 0 atom stereocenters. The Hall–Kier alpha value is -1.69. The van der Waals surface area contributed by atoms with E-state index < -0.39 is 0 Å². The molecule has 3 nitrogen and oxygen atoms in total. The molecule has 21 heavy (non-hydrogen) atoms. The van der Waals surface area contributed by atoms with Gasteiger partial charge >= 0.3 is 5.97 Å². The molecule has 0 aliphatic rings. The van der Waals surface area contributed by atoms with Gasteiger partial charge in [-0.15, -0.1) is 0 Å². The molecule has 0 saturated heterocycles. The molecular weight excluding hydrogens is 377 g/mol. The average Bonchev–Trinajstić information content (AvgIpc) is 2.48. The monoisotopic (exact) mass is 393 g/mol. The first kappa shape index (κ1) is 15.7. The van der Waals surface area contributed by atoms with Gasteiger partial charge in [0.2, 0.25) is 5.52 Å². The Morgan fingerprint density at radius 2 is 1.57 bits per heavy atom. The fourth-order valence-corrected chi connectivity index (χ4v) is 2.67. The van der Waals surface area contributed by atoms with Crippen molar-refractivity contribution in [1.82, 2.24) is 0 Å². The standard InChI is InChI=1S/C17H16NO2.HI/c1-3-20-17(19)16-14-10-5-4-8-12(14)13-9-6-7-11-15(13)18(16)2;/h4-11H,3H2,1-2H3;1H/q+1;/p-1. The zero-order chi connectivity index (χ0) is 14.1. The van der Waals surface area contributed by atoms with Gasteiger partial charge in [0.15, 0.2) is 0 Å². The third-order valence-corrected chi connectivity index (χ3v) is 3.54. The summed E-state index contributed by atoms with van der Waals surface area (Å²) in [6.45, 7) is 2.20. The predicted molar refractivity (Wildman–Crippen MR) is 78.6 cm³/mol. The smallest absolute Gasteiger partial charge is 0.404 e. The molecule has 0 amide bonds. The van der Waals surface area contributed by atoms with E-state index in [1.54, 1.807) is 0 Å². The second kappa shape index (κ2) is 6.39. The van der Waals surface area contributed by atoms with Gasteiger partial charge in [-0.25, -0.2) is 4.79 Å². The Bertz CT molecular complexity index is 814. The van der Waals surface area contributed by atoms with E-state index in [-0.39, 0.29) is 29.9 Å². The Kier molecular flexibility index (Phi) is 4.77.